The Morgan fingerprint density at radius 1 is 1.16 bits per heavy atom. The van der Waals surface area contributed by atoms with E-state index in [-0.39, 0.29) is 6.04 Å². The molecule has 3 rings (SSSR count). The third-order valence-corrected chi connectivity index (χ3v) is 3.93. The molecular weight excluding hydrogens is 238 g/mol. The molecule has 3 heteroatoms. The molecule has 0 aromatic heterocycles. The van der Waals surface area contributed by atoms with Crippen molar-refractivity contribution in [2.45, 2.75) is 25.3 Å². The van der Waals surface area contributed by atoms with Crippen LogP contribution in [0.3, 0.4) is 0 Å². The van der Waals surface area contributed by atoms with E-state index < -0.39 is 0 Å². The Labute approximate surface area is 113 Å². The fourth-order valence-corrected chi connectivity index (χ4v) is 2.91. The number of aromatic hydroxyl groups is 1. The van der Waals surface area contributed by atoms with E-state index in [1.165, 1.54) is 12.8 Å². The number of piperidine rings is 1. The number of benzene rings is 2. The smallest absolute Gasteiger partial charge is 0.128 e. The van der Waals surface area contributed by atoms with Crippen LogP contribution >= 0.6 is 0 Å². The number of phenols is 1. The van der Waals surface area contributed by atoms with Crippen LogP contribution in [0, 0.1) is 0 Å². The summed E-state index contributed by atoms with van der Waals surface area (Å²) in [6.07, 6.45) is 3.52. The number of hydrogen-bond donors (Lipinski definition) is 2. The van der Waals surface area contributed by atoms with Crippen molar-refractivity contribution in [2.75, 3.05) is 13.7 Å². The predicted molar refractivity (Wildman–Crippen MR) is 76.8 cm³/mol. The molecule has 3 nitrogen and oxygen atoms in total. The van der Waals surface area contributed by atoms with Crippen molar-refractivity contribution in [2.24, 2.45) is 0 Å². The number of ether oxygens (including phenoxy) is 1. The molecule has 1 aliphatic heterocycles. The van der Waals surface area contributed by atoms with E-state index in [2.05, 4.69) is 5.32 Å². The van der Waals surface area contributed by atoms with Gasteiger partial charge in [0, 0.05) is 22.4 Å². The van der Waals surface area contributed by atoms with Gasteiger partial charge in [0.15, 0.2) is 0 Å². The first kappa shape index (κ1) is 12.3. The molecule has 2 N–H and O–H groups in total. The van der Waals surface area contributed by atoms with Crippen LogP contribution in [0.4, 0.5) is 0 Å². The minimum absolute atomic E-state index is 0.268. The molecule has 1 unspecified atom stereocenters. The molecule has 19 heavy (non-hydrogen) atoms. The highest BCUT2D eigenvalue weighted by atomic mass is 16.5. The van der Waals surface area contributed by atoms with E-state index in [1.54, 1.807) is 7.11 Å². The minimum Gasteiger partial charge on any atom is -0.507 e. The summed E-state index contributed by atoms with van der Waals surface area (Å²) < 4.78 is 5.34. The Kier molecular flexibility index (Phi) is 3.30. The minimum atomic E-state index is 0.268. The molecule has 1 heterocycles. The monoisotopic (exact) mass is 257 g/mol. The van der Waals surface area contributed by atoms with Crippen molar-refractivity contribution in [3.8, 4) is 11.5 Å². The number of hydrogen-bond acceptors (Lipinski definition) is 3. The lowest BCUT2D eigenvalue weighted by Crippen LogP contribution is -2.26. The van der Waals surface area contributed by atoms with Gasteiger partial charge >= 0.3 is 0 Å². The predicted octanol–water partition coefficient (Wildman–Crippen LogP) is 3.37. The van der Waals surface area contributed by atoms with Crippen LogP contribution in [0.5, 0.6) is 11.5 Å². The van der Waals surface area contributed by atoms with Crippen LogP contribution in [0.1, 0.15) is 30.9 Å². The van der Waals surface area contributed by atoms with Gasteiger partial charge in [-0.1, -0.05) is 30.7 Å². The first-order valence-electron chi connectivity index (χ1n) is 6.83. The molecule has 0 amide bonds. The first-order valence-corrected chi connectivity index (χ1v) is 6.83. The lowest BCUT2D eigenvalue weighted by atomic mass is 9.94. The average Bonchev–Trinajstić information content (AvgIpc) is 2.48. The third-order valence-electron chi connectivity index (χ3n) is 3.93. The zero-order chi connectivity index (χ0) is 13.2. The number of phenolic OH excluding ortho intramolecular Hbond substituents is 1. The summed E-state index contributed by atoms with van der Waals surface area (Å²) in [5.41, 5.74) is 1.00. The molecular formula is C16H19NO2. The number of rotatable bonds is 2. The van der Waals surface area contributed by atoms with Crippen LogP contribution in [-0.2, 0) is 0 Å². The zero-order valence-electron chi connectivity index (χ0n) is 11.1. The zero-order valence-corrected chi connectivity index (χ0v) is 11.1. The van der Waals surface area contributed by atoms with Crippen molar-refractivity contribution >= 4 is 10.8 Å². The highest BCUT2D eigenvalue weighted by molar-refractivity contribution is 5.94. The highest BCUT2D eigenvalue weighted by Crippen LogP contribution is 2.38. The largest absolute Gasteiger partial charge is 0.507 e. The van der Waals surface area contributed by atoms with Gasteiger partial charge in [-0.15, -0.1) is 0 Å². The van der Waals surface area contributed by atoms with Crippen LogP contribution < -0.4 is 10.1 Å². The molecule has 1 aliphatic rings. The summed E-state index contributed by atoms with van der Waals surface area (Å²) in [6, 6.07) is 10.1. The van der Waals surface area contributed by atoms with Crippen molar-refractivity contribution in [1.29, 1.82) is 0 Å². The van der Waals surface area contributed by atoms with Crippen LogP contribution in [0.25, 0.3) is 10.8 Å². The summed E-state index contributed by atoms with van der Waals surface area (Å²) >= 11 is 0. The topological polar surface area (TPSA) is 41.5 Å². The van der Waals surface area contributed by atoms with Crippen LogP contribution in [-0.4, -0.2) is 18.8 Å². The first-order chi connectivity index (χ1) is 9.31. The fourth-order valence-electron chi connectivity index (χ4n) is 2.91. The summed E-state index contributed by atoms with van der Waals surface area (Å²) in [4.78, 5) is 0. The van der Waals surface area contributed by atoms with Crippen LogP contribution in [0.15, 0.2) is 30.3 Å². The van der Waals surface area contributed by atoms with Crippen molar-refractivity contribution in [1.82, 2.24) is 5.32 Å². The second-order valence-corrected chi connectivity index (χ2v) is 5.06. The lowest BCUT2D eigenvalue weighted by molar-refractivity contribution is 0.392. The van der Waals surface area contributed by atoms with E-state index in [9.17, 15) is 5.11 Å². The molecule has 0 spiro atoms. The van der Waals surface area contributed by atoms with Gasteiger partial charge in [0.1, 0.15) is 11.5 Å². The summed E-state index contributed by atoms with van der Waals surface area (Å²) in [5.74, 6) is 1.19. The molecule has 0 saturated carbocycles. The van der Waals surface area contributed by atoms with Gasteiger partial charge in [0.05, 0.1) is 7.11 Å². The van der Waals surface area contributed by atoms with Crippen molar-refractivity contribution in [3.05, 3.63) is 35.9 Å². The van der Waals surface area contributed by atoms with Crippen molar-refractivity contribution < 1.29 is 9.84 Å². The van der Waals surface area contributed by atoms with E-state index in [0.29, 0.717) is 5.75 Å². The molecule has 0 radical (unpaired) electrons. The lowest BCUT2D eigenvalue weighted by Gasteiger charge is -2.25. The van der Waals surface area contributed by atoms with Gasteiger partial charge in [0.2, 0.25) is 0 Å². The van der Waals surface area contributed by atoms with Gasteiger partial charge in [-0.3, -0.25) is 0 Å². The third kappa shape index (κ3) is 2.15. The normalized spacial score (nSPS) is 19.5. The second-order valence-electron chi connectivity index (χ2n) is 5.06. The van der Waals surface area contributed by atoms with E-state index in [4.69, 9.17) is 4.74 Å². The quantitative estimate of drug-likeness (QED) is 0.866. The number of nitrogens with one attached hydrogen (secondary N) is 1. The van der Waals surface area contributed by atoms with Gasteiger partial charge in [-0.25, -0.2) is 0 Å². The maximum Gasteiger partial charge on any atom is 0.128 e. The Hall–Kier alpha value is -1.74. The van der Waals surface area contributed by atoms with E-state index in [1.807, 2.05) is 30.3 Å². The molecule has 1 saturated heterocycles. The van der Waals surface area contributed by atoms with Gasteiger partial charge < -0.3 is 15.2 Å². The Balaban J connectivity index is 2.10. The van der Waals surface area contributed by atoms with Crippen molar-refractivity contribution in [3.63, 3.8) is 0 Å². The summed E-state index contributed by atoms with van der Waals surface area (Å²) in [7, 11) is 1.66. The van der Waals surface area contributed by atoms with Crippen LogP contribution in [0.2, 0.25) is 0 Å². The van der Waals surface area contributed by atoms with Gasteiger partial charge in [-0.05, 0) is 25.5 Å². The molecule has 100 valence electrons. The molecule has 2 aromatic rings. The fraction of sp³-hybridized carbons (Fsp3) is 0.375. The van der Waals surface area contributed by atoms with E-state index >= 15 is 0 Å². The number of fused-ring (bicyclic) bond motifs is 1. The molecule has 1 fully saturated rings. The standard InChI is InChI=1S/C16H19NO2/c1-19-15-7-4-5-12-11(15)8-9-13(16(12)18)14-6-2-3-10-17-14/h4-5,7-9,14,17-18H,2-3,6,10H2,1H3. The molecule has 0 bridgehead atoms. The van der Waals surface area contributed by atoms with Gasteiger partial charge in [-0.2, -0.15) is 0 Å². The molecule has 1 atom stereocenters. The number of methoxy groups -OCH3 is 1. The average molecular weight is 257 g/mol. The van der Waals surface area contributed by atoms with Gasteiger partial charge in [0.25, 0.3) is 0 Å². The summed E-state index contributed by atoms with van der Waals surface area (Å²) in [5, 5.41) is 15.8. The molecule has 2 aromatic carbocycles. The Bertz CT molecular complexity index is 589. The summed E-state index contributed by atoms with van der Waals surface area (Å²) in [6.45, 7) is 1.03. The molecule has 0 aliphatic carbocycles. The Morgan fingerprint density at radius 3 is 2.79 bits per heavy atom. The maximum atomic E-state index is 10.5. The van der Waals surface area contributed by atoms with E-state index in [0.717, 1.165) is 35.1 Å². The second kappa shape index (κ2) is 5.10. The highest BCUT2D eigenvalue weighted by Gasteiger charge is 2.19. The Morgan fingerprint density at radius 2 is 2.05 bits per heavy atom. The maximum absolute atomic E-state index is 10.5. The SMILES string of the molecule is COc1cccc2c(O)c(C3CCCCN3)ccc12.